The predicted molar refractivity (Wildman–Crippen MR) is 58.7 cm³/mol. The summed E-state index contributed by atoms with van der Waals surface area (Å²) in [6.07, 6.45) is 5.51. The summed E-state index contributed by atoms with van der Waals surface area (Å²) in [5.41, 5.74) is 1.13. The zero-order chi connectivity index (χ0) is 10.4. The van der Waals surface area contributed by atoms with Crippen molar-refractivity contribution in [2.24, 2.45) is 0 Å². The number of rotatable bonds is 4. The summed E-state index contributed by atoms with van der Waals surface area (Å²) in [5, 5.41) is 8.38. The topological polar surface area (TPSA) is 37.3 Å². The number of carboxylic acid groups (broad SMARTS) is 1. The molecule has 0 aliphatic rings. The first kappa shape index (κ1) is 10.9. The molecular formula is C11H12O2S. The van der Waals surface area contributed by atoms with Crippen molar-refractivity contribution >= 4 is 17.7 Å². The van der Waals surface area contributed by atoms with E-state index in [9.17, 15) is 4.79 Å². The van der Waals surface area contributed by atoms with Crippen LogP contribution in [0.1, 0.15) is 5.56 Å². The van der Waals surface area contributed by atoms with Gasteiger partial charge in [-0.15, -0.1) is 11.8 Å². The van der Waals surface area contributed by atoms with Gasteiger partial charge in [0, 0.05) is 11.0 Å². The lowest BCUT2D eigenvalue weighted by Gasteiger charge is -1.98. The van der Waals surface area contributed by atoms with Gasteiger partial charge in [-0.2, -0.15) is 0 Å². The highest BCUT2D eigenvalue weighted by Gasteiger charge is 1.92. The van der Waals surface area contributed by atoms with Gasteiger partial charge in [-0.25, -0.2) is 4.79 Å². The van der Waals surface area contributed by atoms with E-state index >= 15 is 0 Å². The van der Waals surface area contributed by atoms with E-state index in [2.05, 4.69) is 0 Å². The molecule has 0 aromatic heterocycles. The van der Waals surface area contributed by atoms with Gasteiger partial charge in [-0.05, 0) is 30.4 Å². The Morgan fingerprint density at radius 1 is 1.43 bits per heavy atom. The molecule has 2 nitrogen and oxygen atoms in total. The first-order valence-corrected chi connectivity index (χ1v) is 5.47. The van der Waals surface area contributed by atoms with Crippen LogP contribution in [0.25, 0.3) is 0 Å². The van der Waals surface area contributed by atoms with Crippen molar-refractivity contribution in [1.29, 1.82) is 0 Å². The highest BCUT2D eigenvalue weighted by atomic mass is 32.2. The van der Waals surface area contributed by atoms with E-state index < -0.39 is 5.97 Å². The van der Waals surface area contributed by atoms with Crippen LogP contribution < -0.4 is 0 Å². The van der Waals surface area contributed by atoms with Gasteiger partial charge in [0.2, 0.25) is 0 Å². The zero-order valence-electron chi connectivity index (χ0n) is 7.93. The van der Waals surface area contributed by atoms with Crippen molar-refractivity contribution < 1.29 is 9.90 Å². The summed E-state index contributed by atoms with van der Waals surface area (Å²) in [7, 11) is 0. The number of carboxylic acids is 1. The van der Waals surface area contributed by atoms with E-state index in [0.717, 1.165) is 5.56 Å². The summed E-state index contributed by atoms with van der Waals surface area (Å²) >= 11 is 1.69. The quantitative estimate of drug-likeness (QED) is 0.610. The smallest absolute Gasteiger partial charge is 0.327 e. The lowest BCUT2D eigenvalue weighted by atomic mass is 10.1. The second-order valence-corrected chi connectivity index (χ2v) is 3.67. The average Bonchev–Trinajstić information content (AvgIpc) is 2.18. The second kappa shape index (κ2) is 5.50. The molecule has 0 atom stereocenters. The maximum Gasteiger partial charge on any atom is 0.327 e. The van der Waals surface area contributed by atoms with E-state index in [1.807, 2.05) is 30.5 Å². The Balaban J connectivity index is 2.56. The molecule has 0 bridgehead atoms. The molecule has 0 aliphatic carbocycles. The molecule has 1 rings (SSSR count). The fourth-order valence-electron chi connectivity index (χ4n) is 1.06. The largest absolute Gasteiger partial charge is 0.478 e. The van der Waals surface area contributed by atoms with Crippen molar-refractivity contribution in [1.82, 2.24) is 0 Å². The average molecular weight is 208 g/mol. The van der Waals surface area contributed by atoms with Crippen LogP contribution in [-0.2, 0) is 11.2 Å². The highest BCUT2D eigenvalue weighted by Crippen LogP contribution is 2.15. The number of carbonyl (C=O) groups is 1. The molecule has 1 aromatic carbocycles. The molecule has 0 saturated carbocycles. The molecule has 0 saturated heterocycles. The maximum atomic E-state index is 10.2. The van der Waals surface area contributed by atoms with Crippen LogP contribution in [0.2, 0.25) is 0 Å². The summed E-state index contributed by atoms with van der Waals surface area (Å²) < 4.78 is 0. The molecule has 74 valence electrons. The Kier molecular flexibility index (Phi) is 4.26. The third kappa shape index (κ3) is 3.66. The van der Waals surface area contributed by atoms with Crippen molar-refractivity contribution in [3.05, 3.63) is 42.0 Å². The molecule has 0 spiro atoms. The van der Waals surface area contributed by atoms with Gasteiger partial charge in [0.15, 0.2) is 0 Å². The Morgan fingerprint density at radius 3 is 2.57 bits per heavy atom. The molecule has 1 N–H and O–H groups in total. The highest BCUT2D eigenvalue weighted by molar-refractivity contribution is 7.98. The molecular weight excluding hydrogens is 196 g/mol. The number of hydrogen-bond donors (Lipinski definition) is 1. The van der Waals surface area contributed by atoms with Crippen LogP contribution in [-0.4, -0.2) is 17.3 Å². The van der Waals surface area contributed by atoms with Crippen LogP contribution in [0.4, 0.5) is 0 Å². The minimum Gasteiger partial charge on any atom is -0.478 e. The molecule has 0 amide bonds. The van der Waals surface area contributed by atoms with Crippen molar-refractivity contribution in [3.8, 4) is 0 Å². The lowest BCUT2D eigenvalue weighted by molar-refractivity contribution is -0.131. The van der Waals surface area contributed by atoms with Crippen LogP contribution in [0.15, 0.2) is 41.3 Å². The molecule has 0 unspecified atom stereocenters. The Bertz CT molecular complexity index is 328. The molecule has 14 heavy (non-hydrogen) atoms. The fourth-order valence-corrected chi connectivity index (χ4v) is 1.47. The Labute approximate surface area is 87.6 Å². The molecule has 0 radical (unpaired) electrons. The first-order valence-electron chi connectivity index (χ1n) is 4.25. The second-order valence-electron chi connectivity index (χ2n) is 2.79. The summed E-state index contributed by atoms with van der Waals surface area (Å²) in [6, 6.07) is 8.10. The van der Waals surface area contributed by atoms with Crippen LogP contribution in [0, 0.1) is 0 Å². The van der Waals surface area contributed by atoms with Crippen molar-refractivity contribution in [2.45, 2.75) is 11.3 Å². The fraction of sp³-hybridized carbons (Fsp3) is 0.182. The van der Waals surface area contributed by atoms with Crippen molar-refractivity contribution in [3.63, 3.8) is 0 Å². The SMILES string of the molecule is CSc1ccc(C/C=C/C(=O)O)cc1. The molecule has 0 fully saturated rings. The van der Waals surface area contributed by atoms with Gasteiger partial charge in [0.25, 0.3) is 0 Å². The lowest BCUT2D eigenvalue weighted by Crippen LogP contribution is -1.87. The molecule has 0 heterocycles. The number of benzene rings is 1. The summed E-state index contributed by atoms with van der Waals surface area (Å²) in [6.45, 7) is 0. The Hall–Kier alpha value is -1.22. The molecule has 3 heteroatoms. The minimum atomic E-state index is -0.897. The monoisotopic (exact) mass is 208 g/mol. The summed E-state index contributed by atoms with van der Waals surface area (Å²) in [5.74, 6) is -0.897. The van der Waals surface area contributed by atoms with E-state index in [1.54, 1.807) is 17.8 Å². The number of thioether (sulfide) groups is 1. The number of allylic oxidation sites excluding steroid dienone is 1. The number of aliphatic carboxylic acids is 1. The zero-order valence-corrected chi connectivity index (χ0v) is 8.75. The minimum absolute atomic E-state index is 0.668. The van der Waals surface area contributed by atoms with Crippen LogP contribution in [0.5, 0.6) is 0 Å². The number of hydrogen-bond acceptors (Lipinski definition) is 2. The molecule has 0 aliphatic heterocycles. The normalized spacial score (nSPS) is 10.6. The van der Waals surface area contributed by atoms with Crippen LogP contribution >= 0.6 is 11.8 Å². The third-order valence-corrected chi connectivity index (χ3v) is 2.52. The molecule has 1 aromatic rings. The van der Waals surface area contributed by atoms with Gasteiger partial charge in [0.05, 0.1) is 0 Å². The third-order valence-electron chi connectivity index (χ3n) is 1.77. The first-order chi connectivity index (χ1) is 6.72. The van der Waals surface area contributed by atoms with Gasteiger partial charge in [0.1, 0.15) is 0 Å². The van der Waals surface area contributed by atoms with Gasteiger partial charge in [-0.3, -0.25) is 0 Å². The van der Waals surface area contributed by atoms with E-state index in [-0.39, 0.29) is 0 Å². The van der Waals surface area contributed by atoms with E-state index in [0.29, 0.717) is 6.42 Å². The Morgan fingerprint density at radius 2 is 2.07 bits per heavy atom. The summed E-state index contributed by atoms with van der Waals surface area (Å²) in [4.78, 5) is 11.4. The van der Waals surface area contributed by atoms with Gasteiger partial charge >= 0.3 is 5.97 Å². The van der Waals surface area contributed by atoms with Crippen LogP contribution in [0.3, 0.4) is 0 Å². The standard InChI is InChI=1S/C11H12O2S/c1-14-10-7-5-9(6-8-10)3-2-4-11(12)13/h2,4-8H,3H2,1H3,(H,12,13)/b4-2+. The van der Waals surface area contributed by atoms with E-state index in [4.69, 9.17) is 5.11 Å². The van der Waals surface area contributed by atoms with Gasteiger partial charge < -0.3 is 5.11 Å². The predicted octanol–water partition coefficient (Wildman–Crippen LogP) is 2.59. The van der Waals surface area contributed by atoms with E-state index in [1.165, 1.54) is 11.0 Å². The maximum absolute atomic E-state index is 10.2. The van der Waals surface area contributed by atoms with Crippen molar-refractivity contribution in [2.75, 3.05) is 6.26 Å². The van der Waals surface area contributed by atoms with Gasteiger partial charge in [-0.1, -0.05) is 18.2 Å².